The third-order valence-electron chi connectivity index (χ3n) is 5.78. The van der Waals surface area contributed by atoms with Crippen LogP contribution in [0.4, 0.5) is 0 Å². The van der Waals surface area contributed by atoms with Gasteiger partial charge in [-0.3, -0.25) is 0 Å². The summed E-state index contributed by atoms with van der Waals surface area (Å²) in [5, 5.41) is 11.1. The van der Waals surface area contributed by atoms with Crippen LogP contribution in [0.1, 0.15) is 30.9 Å². The van der Waals surface area contributed by atoms with E-state index in [0.717, 1.165) is 64.3 Å². The number of methoxy groups -OCH3 is 1. The van der Waals surface area contributed by atoms with Gasteiger partial charge in [-0.15, -0.1) is 0 Å². The molecule has 0 spiro atoms. The predicted octanol–water partition coefficient (Wildman–Crippen LogP) is 7.75. The van der Waals surface area contributed by atoms with Crippen LogP contribution in [0.2, 0.25) is 0 Å². The van der Waals surface area contributed by atoms with E-state index in [1.165, 1.54) is 5.56 Å². The lowest BCUT2D eigenvalue weighted by atomic mass is 9.91. The maximum absolute atomic E-state index is 10.8. The molecule has 0 aliphatic rings. The second-order valence-corrected chi connectivity index (χ2v) is 8.14. The molecule has 4 nitrogen and oxygen atoms in total. The molecule has 4 heteroatoms. The number of rotatable bonds is 9. The van der Waals surface area contributed by atoms with E-state index in [-0.39, 0.29) is 0 Å². The van der Waals surface area contributed by atoms with Gasteiger partial charge in [0.15, 0.2) is 0 Å². The maximum atomic E-state index is 10.8. The van der Waals surface area contributed by atoms with Gasteiger partial charge in [-0.05, 0) is 65.3 Å². The Morgan fingerprint density at radius 2 is 1.65 bits per heavy atom. The number of fused-ring (bicyclic) bond motifs is 1. The second-order valence-electron chi connectivity index (χ2n) is 8.14. The molecule has 0 aliphatic heterocycles. The zero-order valence-corrected chi connectivity index (χ0v) is 19.5. The average molecular weight is 453 g/mol. The molecule has 4 aromatic rings. The molecule has 0 saturated carbocycles. The van der Waals surface area contributed by atoms with Crippen LogP contribution in [0, 0.1) is 0 Å². The molecule has 172 valence electrons. The molecular formula is C30H28O4. The minimum atomic E-state index is -0.972. The van der Waals surface area contributed by atoms with Crippen molar-refractivity contribution < 1.29 is 19.4 Å². The number of hydrogen-bond donors (Lipinski definition) is 1. The SMILES string of the molecule is CCCCc1cc2ccccc2c(Oc2ccc(/C=C/C(=O)O)cc2)c1-c1ccc(OC)cc1. The number of benzene rings is 4. The first-order valence-electron chi connectivity index (χ1n) is 11.5. The standard InChI is InChI=1S/C30H28O4/c1-3-4-7-24-20-23-8-5-6-9-27(23)30(29(24)22-13-17-25(33-2)18-14-22)34-26-15-10-21(11-16-26)12-19-28(31)32/h5-6,8-20H,3-4,7H2,1-2H3,(H,31,32)/b19-12+. The number of aryl methyl sites for hydroxylation is 1. The monoisotopic (exact) mass is 452 g/mol. The highest BCUT2D eigenvalue weighted by atomic mass is 16.5. The molecule has 4 rings (SSSR count). The summed E-state index contributed by atoms with van der Waals surface area (Å²) in [4.78, 5) is 10.8. The Labute approximate surface area is 200 Å². The Hall–Kier alpha value is -4.05. The first-order chi connectivity index (χ1) is 16.6. The molecule has 0 fully saturated rings. The Bertz CT molecular complexity index is 1300. The van der Waals surface area contributed by atoms with Gasteiger partial charge in [0.2, 0.25) is 0 Å². The lowest BCUT2D eigenvalue weighted by Crippen LogP contribution is -1.97. The minimum absolute atomic E-state index is 0.694. The van der Waals surface area contributed by atoms with Gasteiger partial charge in [-0.25, -0.2) is 4.79 Å². The van der Waals surface area contributed by atoms with Gasteiger partial charge in [-0.1, -0.05) is 67.9 Å². The summed E-state index contributed by atoms with van der Waals surface area (Å²) in [5.74, 6) is 1.36. The van der Waals surface area contributed by atoms with Crippen molar-refractivity contribution >= 4 is 22.8 Å². The third kappa shape index (κ3) is 5.29. The molecule has 34 heavy (non-hydrogen) atoms. The zero-order valence-electron chi connectivity index (χ0n) is 19.5. The predicted molar refractivity (Wildman–Crippen MR) is 138 cm³/mol. The van der Waals surface area contributed by atoms with Crippen LogP contribution in [-0.4, -0.2) is 18.2 Å². The lowest BCUT2D eigenvalue weighted by Gasteiger charge is -2.19. The normalized spacial score (nSPS) is 11.1. The van der Waals surface area contributed by atoms with Crippen molar-refractivity contribution in [1.82, 2.24) is 0 Å². The Morgan fingerprint density at radius 3 is 2.32 bits per heavy atom. The fraction of sp³-hybridized carbons (Fsp3) is 0.167. The molecule has 0 atom stereocenters. The van der Waals surface area contributed by atoms with Crippen molar-refractivity contribution in [2.45, 2.75) is 26.2 Å². The number of aliphatic carboxylic acids is 1. The Morgan fingerprint density at radius 1 is 0.941 bits per heavy atom. The highest BCUT2D eigenvalue weighted by Crippen LogP contribution is 2.43. The van der Waals surface area contributed by atoms with Crippen molar-refractivity contribution in [3.05, 3.63) is 96.1 Å². The maximum Gasteiger partial charge on any atom is 0.328 e. The van der Waals surface area contributed by atoms with Gasteiger partial charge >= 0.3 is 5.97 Å². The van der Waals surface area contributed by atoms with Crippen molar-refractivity contribution in [2.24, 2.45) is 0 Å². The molecule has 0 aromatic heterocycles. The van der Waals surface area contributed by atoms with Crippen molar-refractivity contribution in [3.63, 3.8) is 0 Å². The summed E-state index contributed by atoms with van der Waals surface area (Å²) in [6.45, 7) is 2.20. The molecule has 0 radical (unpaired) electrons. The van der Waals surface area contributed by atoms with Crippen LogP contribution >= 0.6 is 0 Å². The first-order valence-corrected chi connectivity index (χ1v) is 11.5. The number of ether oxygens (including phenoxy) is 2. The minimum Gasteiger partial charge on any atom is -0.497 e. The summed E-state index contributed by atoms with van der Waals surface area (Å²) in [6.07, 6.45) is 5.85. The van der Waals surface area contributed by atoms with Gasteiger partial charge < -0.3 is 14.6 Å². The highest BCUT2D eigenvalue weighted by Gasteiger charge is 2.17. The van der Waals surface area contributed by atoms with E-state index in [4.69, 9.17) is 14.6 Å². The van der Waals surface area contributed by atoms with E-state index in [9.17, 15) is 4.79 Å². The highest BCUT2D eigenvalue weighted by molar-refractivity contribution is 5.97. The molecule has 0 aliphatic carbocycles. The molecule has 0 saturated heterocycles. The van der Waals surface area contributed by atoms with E-state index < -0.39 is 5.97 Å². The fourth-order valence-electron chi connectivity index (χ4n) is 4.05. The zero-order chi connectivity index (χ0) is 23.9. The van der Waals surface area contributed by atoms with Gasteiger partial charge in [0.1, 0.15) is 17.2 Å². The van der Waals surface area contributed by atoms with Gasteiger partial charge in [0, 0.05) is 17.0 Å². The van der Waals surface area contributed by atoms with Crippen molar-refractivity contribution in [3.8, 4) is 28.4 Å². The first kappa shape index (κ1) is 23.1. The number of carboxylic acid groups (broad SMARTS) is 1. The largest absolute Gasteiger partial charge is 0.497 e. The van der Waals surface area contributed by atoms with Crippen molar-refractivity contribution in [2.75, 3.05) is 7.11 Å². The third-order valence-corrected chi connectivity index (χ3v) is 5.78. The molecule has 0 bridgehead atoms. The smallest absolute Gasteiger partial charge is 0.328 e. The van der Waals surface area contributed by atoms with E-state index in [1.54, 1.807) is 13.2 Å². The quantitative estimate of drug-likeness (QED) is 0.264. The molecular weight excluding hydrogens is 424 g/mol. The number of unbranched alkanes of at least 4 members (excludes halogenated alkanes) is 1. The van der Waals surface area contributed by atoms with Crippen LogP contribution in [0.3, 0.4) is 0 Å². The summed E-state index contributed by atoms with van der Waals surface area (Å²) in [5.41, 5.74) is 4.21. The molecule has 1 N–H and O–H groups in total. The van der Waals surface area contributed by atoms with Crippen LogP contribution < -0.4 is 9.47 Å². The molecule has 0 heterocycles. The Balaban J connectivity index is 1.84. The van der Waals surface area contributed by atoms with E-state index >= 15 is 0 Å². The summed E-state index contributed by atoms with van der Waals surface area (Å²) in [7, 11) is 1.67. The second kappa shape index (κ2) is 10.7. The van der Waals surface area contributed by atoms with Gasteiger partial charge in [-0.2, -0.15) is 0 Å². The number of hydrogen-bond acceptors (Lipinski definition) is 3. The number of carbonyl (C=O) groups is 1. The summed E-state index contributed by atoms with van der Waals surface area (Å²) >= 11 is 0. The summed E-state index contributed by atoms with van der Waals surface area (Å²) in [6, 6.07) is 26.1. The van der Waals surface area contributed by atoms with Crippen LogP contribution in [-0.2, 0) is 11.2 Å². The summed E-state index contributed by atoms with van der Waals surface area (Å²) < 4.78 is 11.9. The van der Waals surface area contributed by atoms with Crippen molar-refractivity contribution in [1.29, 1.82) is 0 Å². The number of carboxylic acids is 1. The molecule has 0 amide bonds. The van der Waals surface area contributed by atoms with E-state index in [0.29, 0.717) is 5.75 Å². The average Bonchev–Trinajstić information content (AvgIpc) is 2.87. The topological polar surface area (TPSA) is 55.8 Å². The van der Waals surface area contributed by atoms with E-state index in [2.05, 4.69) is 37.3 Å². The molecule has 4 aromatic carbocycles. The molecule has 0 unspecified atom stereocenters. The van der Waals surface area contributed by atoms with Crippen LogP contribution in [0.5, 0.6) is 17.2 Å². The lowest BCUT2D eigenvalue weighted by molar-refractivity contribution is -0.131. The van der Waals surface area contributed by atoms with Crippen LogP contribution in [0.15, 0.2) is 84.9 Å². The van der Waals surface area contributed by atoms with E-state index in [1.807, 2.05) is 48.5 Å². The Kier molecular flexibility index (Phi) is 7.28. The van der Waals surface area contributed by atoms with Gasteiger partial charge in [0.05, 0.1) is 7.11 Å². The fourth-order valence-corrected chi connectivity index (χ4v) is 4.05. The van der Waals surface area contributed by atoms with Gasteiger partial charge in [0.25, 0.3) is 0 Å². The van der Waals surface area contributed by atoms with Crippen LogP contribution in [0.25, 0.3) is 28.0 Å².